The molecule has 3 rings (SSSR count). The van der Waals surface area contributed by atoms with Crippen LogP contribution < -0.4 is 10.4 Å². The minimum absolute atomic E-state index is 0.192. The van der Waals surface area contributed by atoms with Crippen LogP contribution in [0.1, 0.15) is 42.1 Å². The van der Waals surface area contributed by atoms with Gasteiger partial charge in [0.15, 0.2) is 0 Å². The van der Waals surface area contributed by atoms with E-state index in [1.807, 2.05) is 4.72 Å². The van der Waals surface area contributed by atoms with Gasteiger partial charge in [-0.1, -0.05) is 12.8 Å². The Balaban J connectivity index is 2.01. The predicted molar refractivity (Wildman–Crippen MR) is 82.4 cm³/mol. The van der Waals surface area contributed by atoms with Crippen molar-refractivity contribution in [3.8, 4) is 0 Å². The standard InChI is InChI=1S/C14H17N3O4S/c1-22(20,21)16-13(18)9-6-7-12-11(8-9)15-14(19)17(12)10-4-2-3-5-10/h6-8,10H,2-5H2,1H3,(H,15,19)(H,16,18). The first-order chi connectivity index (χ1) is 10.3. The highest BCUT2D eigenvalue weighted by atomic mass is 32.2. The molecule has 0 atom stereocenters. The molecule has 1 saturated carbocycles. The summed E-state index contributed by atoms with van der Waals surface area (Å²) in [5.41, 5.74) is 1.28. The van der Waals surface area contributed by atoms with E-state index in [4.69, 9.17) is 0 Å². The number of amides is 1. The zero-order valence-electron chi connectivity index (χ0n) is 12.1. The van der Waals surface area contributed by atoms with E-state index >= 15 is 0 Å². The van der Waals surface area contributed by atoms with Gasteiger partial charge < -0.3 is 4.98 Å². The summed E-state index contributed by atoms with van der Waals surface area (Å²) in [5, 5.41) is 0. The number of nitrogens with one attached hydrogen (secondary N) is 2. The number of fused-ring (bicyclic) bond motifs is 1. The summed E-state index contributed by atoms with van der Waals surface area (Å²) >= 11 is 0. The van der Waals surface area contributed by atoms with Gasteiger partial charge in [-0.05, 0) is 31.0 Å². The molecule has 0 aliphatic heterocycles. The second-order valence-corrected chi connectivity index (χ2v) is 7.42. The maximum absolute atomic E-state index is 12.1. The number of H-pyrrole nitrogens is 1. The van der Waals surface area contributed by atoms with Gasteiger partial charge in [0.2, 0.25) is 10.0 Å². The van der Waals surface area contributed by atoms with Crippen LogP contribution in [0.4, 0.5) is 0 Å². The van der Waals surface area contributed by atoms with Gasteiger partial charge in [-0.3, -0.25) is 9.36 Å². The van der Waals surface area contributed by atoms with Gasteiger partial charge in [-0.2, -0.15) is 0 Å². The Morgan fingerprint density at radius 3 is 2.64 bits per heavy atom. The molecule has 0 saturated heterocycles. The summed E-state index contributed by atoms with van der Waals surface area (Å²) in [6, 6.07) is 4.91. The van der Waals surface area contributed by atoms with E-state index in [0.717, 1.165) is 37.5 Å². The zero-order chi connectivity index (χ0) is 15.9. The van der Waals surface area contributed by atoms with E-state index in [9.17, 15) is 18.0 Å². The van der Waals surface area contributed by atoms with Crippen molar-refractivity contribution in [2.45, 2.75) is 31.7 Å². The second-order valence-electron chi connectivity index (χ2n) is 5.67. The van der Waals surface area contributed by atoms with Gasteiger partial charge in [-0.25, -0.2) is 17.9 Å². The van der Waals surface area contributed by atoms with Crippen molar-refractivity contribution in [1.29, 1.82) is 0 Å². The monoisotopic (exact) mass is 323 g/mol. The number of nitrogens with zero attached hydrogens (tertiary/aromatic N) is 1. The molecule has 1 aliphatic rings. The van der Waals surface area contributed by atoms with E-state index < -0.39 is 15.9 Å². The quantitative estimate of drug-likeness (QED) is 0.884. The highest BCUT2D eigenvalue weighted by Gasteiger charge is 2.21. The van der Waals surface area contributed by atoms with Gasteiger partial charge >= 0.3 is 5.69 Å². The van der Waals surface area contributed by atoms with Crippen LogP contribution in [-0.4, -0.2) is 30.1 Å². The fourth-order valence-electron chi connectivity index (χ4n) is 3.02. The molecule has 0 unspecified atom stereocenters. The average Bonchev–Trinajstić information content (AvgIpc) is 3.01. The zero-order valence-corrected chi connectivity index (χ0v) is 12.9. The van der Waals surface area contributed by atoms with E-state index in [0.29, 0.717) is 5.52 Å². The molecule has 0 spiro atoms. The second kappa shape index (κ2) is 5.28. The number of imidazole rings is 1. The number of carbonyl (C=O) groups is 1. The SMILES string of the molecule is CS(=O)(=O)NC(=O)c1ccc2c(c1)[nH]c(=O)n2C1CCCC1. The topological polar surface area (TPSA) is 101 Å². The lowest BCUT2D eigenvalue weighted by Gasteiger charge is -2.11. The smallest absolute Gasteiger partial charge is 0.306 e. The lowest BCUT2D eigenvalue weighted by molar-refractivity contribution is 0.0982. The number of carbonyl (C=O) groups excluding carboxylic acids is 1. The molecule has 1 aromatic heterocycles. The fraction of sp³-hybridized carbons (Fsp3) is 0.429. The first-order valence-corrected chi connectivity index (χ1v) is 9.01. The van der Waals surface area contributed by atoms with Crippen LogP contribution in [0.3, 0.4) is 0 Å². The Morgan fingerprint density at radius 2 is 2.00 bits per heavy atom. The number of hydrogen-bond donors (Lipinski definition) is 2. The maximum atomic E-state index is 12.1. The first kappa shape index (κ1) is 14.8. The molecule has 2 N–H and O–H groups in total. The predicted octanol–water partition coefficient (Wildman–Crippen LogP) is 1.13. The third-order valence-corrected chi connectivity index (χ3v) is 4.50. The van der Waals surface area contributed by atoms with Crippen LogP contribution in [0.15, 0.2) is 23.0 Å². The molecule has 22 heavy (non-hydrogen) atoms. The Bertz CT molecular complexity index is 888. The molecular weight excluding hydrogens is 306 g/mol. The number of hydrogen-bond acceptors (Lipinski definition) is 4. The van der Waals surface area contributed by atoms with E-state index in [2.05, 4.69) is 4.98 Å². The highest BCUT2D eigenvalue weighted by molar-refractivity contribution is 7.89. The van der Waals surface area contributed by atoms with Crippen LogP contribution in [-0.2, 0) is 10.0 Å². The van der Waals surface area contributed by atoms with Gasteiger partial charge in [0.25, 0.3) is 5.91 Å². The van der Waals surface area contributed by atoms with Crippen LogP contribution in [0.5, 0.6) is 0 Å². The molecule has 2 aromatic rings. The minimum Gasteiger partial charge on any atom is -0.306 e. The van der Waals surface area contributed by atoms with Gasteiger partial charge in [0.05, 0.1) is 17.3 Å². The van der Waals surface area contributed by atoms with E-state index in [1.165, 1.54) is 12.1 Å². The Kier molecular flexibility index (Phi) is 3.56. The van der Waals surface area contributed by atoms with Crippen LogP contribution in [0.2, 0.25) is 0 Å². The summed E-state index contributed by atoms with van der Waals surface area (Å²) in [6.07, 6.45) is 5.09. The number of aromatic nitrogens is 2. The molecule has 0 bridgehead atoms. The molecule has 118 valence electrons. The molecule has 1 aliphatic carbocycles. The van der Waals surface area contributed by atoms with Crippen molar-refractivity contribution >= 4 is 27.0 Å². The third kappa shape index (κ3) is 2.78. The van der Waals surface area contributed by atoms with E-state index in [-0.39, 0.29) is 17.3 Å². The van der Waals surface area contributed by atoms with Gasteiger partial charge in [-0.15, -0.1) is 0 Å². The molecular formula is C14H17N3O4S. The number of aromatic amines is 1. The van der Waals surface area contributed by atoms with Crippen molar-refractivity contribution in [2.24, 2.45) is 0 Å². The molecule has 1 fully saturated rings. The largest absolute Gasteiger partial charge is 0.326 e. The molecule has 1 aromatic carbocycles. The fourth-order valence-corrected chi connectivity index (χ4v) is 3.48. The van der Waals surface area contributed by atoms with Crippen LogP contribution in [0.25, 0.3) is 11.0 Å². The van der Waals surface area contributed by atoms with Crippen molar-refractivity contribution < 1.29 is 13.2 Å². The van der Waals surface area contributed by atoms with Crippen LogP contribution in [0, 0.1) is 0 Å². The minimum atomic E-state index is -3.62. The normalized spacial score (nSPS) is 16.2. The van der Waals surface area contributed by atoms with Crippen molar-refractivity contribution in [2.75, 3.05) is 6.26 Å². The lowest BCUT2D eigenvalue weighted by Crippen LogP contribution is -2.29. The Hall–Kier alpha value is -2.09. The van der Waals surface area contributed by atoms with Gasteiger partial charge in [0, 0.05) is 11.6 Å². The van der Waals surface area contributed by atoms with E-state index in [1.54, 1.807) is 10.6 Å². The number of rotatable bonds is 3. The van der Waals surface area contributed by atoms with Crippen LogP contribution >= 0.6 is 0 Å². The molecule has 0 radical (unpaired) electrons. The van der Waals surface area contributed by atoms with Crippen molar-refractivity contribution in [1.82, 2.24) is 14.3 Å². The molecule has 8 heteroatoms. The Morgan fingerprint density at radius 1 is 1.32 bits per heavy atom. The number of sulfonamides is 1. The summed E-state index contributed by atoms with van der Waals surface area (Å²) < 4.78 is 25.9. The van der Waals surface area contributed by atoms with Crippen molar-refractivity contribution in [3.63, 3.8) is 0 Å². The summed E-state index contributed by atoms with van der Waals surface area (Å²) in [7, 11) is -3.62. The molecule has 7 nitrogen and oxygen atoms in total. The first-order valence-electron chi connectivity index (χ1n) is 7.11. The number of benzene rings is 1. The van der Waals surface area contributed by atoms with Crippen molar-refractivity contribution in [3.05, 3.63) is 34.2 Å². The summed E-state index contributed by atoms with van der Waals surface area (Å²) in [6.45, 7) is 0. The molecule has 1 amide bonds. The maximum Gasteiger partial charge on any atom is 0.326 e. The molecule has 1 heterocycles. The summed E-state index contributed by atoms with van der Waals surface area (Å²) in [5.74, 6) is -0.709. The Labute approximate surface area is 127 Å². The third-order valence-electron chi connectivity index (χ3n) is 3.95. The lowest BCUT2D eigenvalue weighted by atomic mass is 10.2. The summed E-state index contributed by atoms with van der Waals surface area (Å²) in [4.78, 5) is 26.7. The van der Waals surface area contributed by atoms with Gasteiger partial charge in [0.1, 0.15) is 0 Å². The average molecular weight is 323 g/mol. The highest BCUT2D eigenvalue weighted by Crippen LogP contribution is 2.30.